The van der Waals surface area contributed by atoms with E-state index in [0.717, 1.165) is 17.2 Å². The SMILES string of the molecule is COC(=O)C(CC(C)C)Nc1nc(C)c(C)s1. The molecular formula is C12H20N2O2S. The van der Waals surface area contributed by atoms with Crippen LogP contribution < -0.4 is 5.32 Å². The molecule has 0 spiro atoms. The average Bonchev–Trinajstić information content (AvgIpc) is 2.55. The number of hydrogen-bond donors (Lipinski definition) is 1. The Bertz CT molecular complexity index is 368. The van der Waals surface area contributed by atoms with Crippen LogP contribution in [0.4, 0.5) is 5.13 Å². The van der Waals surface area contributed by atoms with Gasteiger partial charge in [-0.3, -0.25) is 0 Å². The van der Waals surface area contributed by atoms with Crippen LogP contribution in [-0.2, 0) is 9.53 Å². The number of aromatic nitrogens is 1. The van der Waals surface area contributed by atoms with Crippen LogP contribution in [0.1, 0.15) is 30.8 Å². The van der Waals surface area contributed by atoms with Crippen molar-refractivity contribution < 1.29 is 9.53 Å². The lowest BCUT2D eigenvalue weighted by molar-refractivity contribution is -0.141. The molecule has 1 heterocycles. The first-order valence-corrected chi connectivity index (χ1v) is 6.54. The molecule has 1 unspecified atom stereocenters. The van der Waals surface area contributed by atoms with Crippen molar-refractivity contribution >= 4 is 22.4 Å². The lowest BCUT2D eigenvalue weighted by atomic mass is 10.0. The lowest BCUT2D eigenvalue weighted by Crippen LogP contribution is -2.32. The fourth-order valence-electron chi connectivity index (χ4n) is 1.51. The summed E-state index contributed by atoms with van der Waals surface area (Å²) in [5.74, 6) is 0.193. The number of carbonyl (C=O) groups is 1. The number of anilines is 1. The zero-order valence-corrected chi connectivity index (χ0v) is 11.9. The van der Waals surface area contributed by atoms with Crippen LogP contribution in [-0.4, -0.2) is 24.1 Å². The summed E-state index contributed by atoms with van der Waals surface area (Å²) < 4.78 is 4.80. The minimum atomic E-state index is -0.315. The van der Waals surface area contributed by atoms with E-state index in [0.29, 0.717) is 5.92 Å². The highest BCUT2D eigenvalue weighted by molar-refractivity contribution is 7.15. The second kappa shape index (κ2) is 6.00. The summed E-state index contributed by atoms with van der Waals surface area (Å²) in [6.07, 6.45) is 0.740. The standard InChI is InChI=1S/C12H20N2O2S/c1-7(2)6-10(11(15)16-5)14-12-13-8(3)9(4)17-12/h7,10H,6H2,1-5H3,(H,13,14). The Morgan fingerprint density at radius 1 is 1.47 bits per heavy atom. The normalized spacial score (nSPS) is 12.6. The van der Waals surface area contributed by atoms with E-state index in [4.69, 9.17) is 4.74 Å². The van der Waals surface area contributed by atoms with Crippen molar-refractivity contribution in [3.8, 4) is 0 Å². The molecule has 0 aliphatic heterocycles. The number of esters is 1. The third kappa shape index (κ3) is 4.00. The summed E-state index contributed by atoms with van der Waals surface area (Å²) in [6, 6.07) is -0.315. The van der Waals surface area contributed by atoms with Crippen LogP contribution in [0.15, 0.2) is 0 Å². The first-order chi connectivity index (χ1) is 7.93. The Balaban J connectivity index is 2.75. The highest BCUT2D eigenvalue weighted by atomic mass is 32.1. The van der Waals surface area contributed by atoms with Crippen LogP contribution in [0, 0.1) is 19.8 Å². The Hall–Kier alpha value is -1.10. The Kier molecular flexibility index (Phi) is 4.93. The quantitative estimate of drug-likeness (QED) is 0.823. The molecule has 0 aliphatic carbocycles. The molecule has 1 N–H and O–H groups in total. The lowest BCUT2D eigenvalue weighted by Gasteiger charge is -2.17. The highest BCUT2D eigenvalue weighted by Crippen LogP contribution is 2.23. The van der Waals surface area contributed by atoms with Crippen LogP contribution >= 0.6 is 11.3 Å². The second-order valence-electron chi connectivity index (χ2n) is 4.51. The molecule has 0 aliphatic rings. The highest BCUT2D eigenvalue weighted by Gasteiger charge is 2.21. The summed E-state index contributed by atoms with van der Waals surface area (Å²) in [4.78, 5) is 17.2. The van der Waals surface area contributed by atoms with Crippen LogP contribution in [0.5, 0.6) is 0 Å². The van der Waals surface area contributed by atoms with Crippen molar-refractivity contribution in [2.75, 3.05) is 12.4 Å². The minimum absolute atomic E-state index is 0.232. The maximum atomic E-state index is 11.6. The van der Waals surface area contributed by atoms with E-state index in [2.05, 4.69) is 24.1 Å². The van der Waals surface area contributed by atoms with Crippen molar-refractivity contribution in [2.45, 2.75) is 40.2 Å². The first kappa shape index (κ1) is 14.0. The molecule has 0 amide bonds. The number of thiazole rings is 1. The monoisotopic (exact) mass is 256 g/mol. The van der Waals surface area contributed by atoms with E-state index in [1.807, 2.05) is 13.8 Å². The molecule has 0 aromatic carbocycles. The molecular weight excluding hydrogens is 236 g/mol. The molecule has 17 heavy (non-hydrogen) atoms. The van der Waals surface area contributed by atoms with Crippen LogP contribution in [0.2, 0.25) is 0 Å². The van der Waals surface area contributed by atoms with E-state index in [1.54, 1.807) is 11.3 Å². The number of methoxy groups -OCH3 is 1. The smallest absolute Gasteiger partial charge is 0.328 e. The van der Waals surface area contributed by atoms with Crippen molar-refractivity contribution in [3.05, 3.63) is 10.6 Å². The van der Waals surface area contributed by atoms with Gasteiger partial charge in [0.15, 0.2) is 5.13 Å². The van der Waals surface area contributed by atoms with E-state index in [-0.39, 0.29) is 12.0 Å². The maximum Gasteiger partial charge on any atom is 0.328 e. The number of ether oxygens (including phenoxy) is 1. The zero-order valence-electron chi connectivity index (χ0n) is 11.0. The molecule has 96 valence electrons. The summed E-state index contributed by atoms with van der Waals surface area (Å²) in [7, 11) is 1.41. The third-order valence-electron chi connectivity index (χ3n) is 2.52. The van der Waals surface area contributed by atoms with E-state index in [1.165, 1.54) is 12.0 Å². The molecule has 1 atom stereocenters. The maximum absolute atomic E-state index is 11.6. The van der Waals surface area contributed by atoms with Gasteiger partial charge in [-0.05, 0) is 26.2 Å². The van der Waals surface area contributed by atoms with Crippen molar-refractivity contribution in [1.82, 2.24) is 4.98 Å². The fraction of sp³-hybridized carbons (Fsp3) is 0.667. The van der Waals surface area contributed by atoms with Gasteiger partial charge in [-0.15, -0.1) is 11.3 Å². The average molecular weight is 256 g/mol. The molecule has 0 saturated heterocycles. The van der Waals surface area contributed by atoms with Gasteiger partial charge in [-0.1, -0.05) is 13.8 Å². The molecule has 1 aromatic heterocycles. The van der Waals surface area contributed by atoms with Gasteiger partial charge in [0.2, 0.25) is 0 Å². The predicted molar refractivity (Wildman–Crippen MR) is 70.5 cm³/mol. The van der Waals surface area contributed by atoms with Crippen molar-refractivity contribution in [1.29, 1.82) is 0 Å². The topological polar surface area (TPSA) is 51.2 Å². The molecule has 5 heteroatoms. The molecule has 1 rings (SSSR count). The van der Waals surface area contributed by atoms with Gasteiger partial charge >= 0.3 is 5.97 Å². The van der Waals surface area contributed by atoms with Gasteiger partial charge in [0, 0.05) is 4.88 Å². The van der Waals surface area contributed by atoms with E-state index in [9.17, 15) is 4.79 Å². The third-order valence-corrected chi connectivity index (χ3v) is 3.52. The van der Waals surface area contributed by atoms with Crippen molar-refractivity contribution in [2.24, 2.45) is 5.92 Å². The molecule has 0 saturated carbocycles. The Morgan fingerprint density at radius 3 is 2.53 bits per heavy atom. The number of aryl methyl sites for hydroxylation is 2. The van der Waals surface area contributed by atoms with Gasteiger partial charge < -0.3 is 10.1 Å². The molecule has 0 fully saturated rings. The van der Waals surface area contributed by atoms with E-state index < -0.39 is 0 Å². The number of nitrogens with one attached hydrogen (secondary N) is 1. The van der Waals surface area contributed by atoms with Gasteiger partial charge in [0.05, 0.1) is 12.8 Å². The number of carbonyl (C=O) groups excluding carboxylic acids is 1. The van der Waals surface area contributed by atoms with E-state index >= 15 is 0 Å². The first-order valence-electron chi connectivity index (χ1n) is 5.72. The molecule has 4 nitrogen and oxygen atoms in total. The zero-order chi connectivity index (χ0) is 13.0. The second-order valence-corrected chi connectivity index (χ2v) is 5.71. The van der Waals surface area contributed by atoms with Gasteiger partial charge in [-0.25, -0.2) is 9.78 Å². The van der Waals surface area contributed by atoms with Gasteiger partial charge in [-0.2, -0.15) is 0 Å². The fourth-order valence-corrected chi connectivity index (χ4v) is 2.38. The van der Waals surface area contributed by atoms with Gasteiger partial charge in [0.25, 0.3) is 0 Å². The van der Waals surface area contributed by atoms with Crippen molar-refractivity contribution in [3.63, 3.8) is 0 Å². The number of nitrogens with zero attached hydrogens (tertiary/aromatic N) is 1. The molecule has 0 bridgehead atoms. The number of hydrogen-bond acceptors (Lipinski definition) is 5. The molecule has 1 aromatic rings. The Labute approximate surface area is 106 Å². The predicted octanol–water partition coefficient (Wildman–Crippen LogP) is 2.76. The van der Waals surface area contributed by atoms with Gasteiger partial charge in [0.1, 0.15) is 6.04 Å². The minimum Gasteiger partial charge on any atom is -0.467 e. The summed E-state index contributed by atoms with van der Waals surface area (Å²) in [5, 5.41) is 3.94. The Morgan fingerprint density at radius 2 is 2.12 bits per heavy atom. The summed E-state index contributed by atoms with van der Waals surface area (Å²) in [6.45, 7) is 8.15. The summed E-state index contributed by atoms with van der Waals surface area (Å²) >= 11 is 1.57. The van der Waals surface area contributed by atoms with Crippen LogP contribution in [0.25, 0.3) is 0 Å². The number of rotatable bonds is 5. The van der Waals surface area contributed by atoms with Crippen LogP contribution in [0.3, 0.4) is 0 Å². The molecule has 0 radical (unpaired) electrons. The largest absolute Gasteiger partial charge is 0.467 e. The summed E-state index contributed by atoms with van der Waals surface area (Å²) in [5.41, 5.74) is 1.01.